The number of carboxylic acids is 1. The van der Waals surface area contributed by atoms with E-state index in [0.717, 1.165) is 51.4 Å². The Balaban J connectivity index is 1.53. The zero-order valence-electron chi connectivity index (χ0n) is 23.4. The van der Waals surface area contributed by atoms with Gasteiger partial charge in [-0.3, -0.25) is 14.4 Å². The van der Waals surface area contributed by atoms with Crippen molar-refractivity contribution in [2.24, 2.45) is 50.7 Å². The zero-order chi connectivity index (χ0) is 26.5. The van der Waals surface area contributed by atoms with Crippen LogP contribution in [0.1, 0.15) is 106 Å². The van der Waals surface area contributed by atoms with E-state index in [1.807, 2.05) is 13.0 Å². The van der Waals surface area contributed by atoms with E-state index in [0.29, 0.717) is 18.3 Å². The number of ether oxygens (including phenoxy) is 1. The molecule has 0 radical (unpaired) electrons. The number of hydrogen-bond donors (Lipinski definition) is 1. The number of fused-ring (bicyclic) bond motifs is 7. The highest BCUT2D eigenvalue weighted by molar-refractivity contribution is 5.95. The SMILES string of the molecule is CC(=O)OC1CCC2(C)C(CCC3(C)C4CCC5(C)CCC(C)(C(=O)O)CC5C4=CC(=O)C32)C1(C)C. The van der Waals surface area contributed by atoms with Crippen molar-refractivity contribution in [3.8, 4) is 0 Å². The Morgan fingerprint density at radius 2 is 1.56 bits per heavy atom. The first-order valence-electron chi connectivity index (χ1n) is 14.2. The minimum absolute atomic E-state index is 0.0335. The lowest BCUT2D eigenvalue weighted by atomic mass is 9.37. The van der Waals surface area contributed by atoms with Crippen molar-refractivity contribution in [2.45, 2.75) is 112 Å². The Kier molecular flexibility index (Phi) is 5.72. The van der Waals surface area contributed by atoms with Crippen LogP contribution in [0.4, 0.5) is 0 Å². The number of carboxylic acid groups (broad SMARTS) is 1. The van der Waals surface area contributed by atoms with Gasteiger partial charge < -0.3 is 9.84 Å². The van der Waals surface area contributed by atoms with Crippen LogP contribution in [0.2, 0.25) is 0 Å². The van der Waals surface area contributed by atoms with E-state index in [9.17, 15) is 19.5 Å². The Labute approximate surface area is 216 Å². The summed E-state index contributed by atoms with van der Waals surface area (Å²) in [4.78, 5) is 38.3. The summed E-state index contributed by atoms with van der Waals surface area (Å²) in [5.74, 6) is 0.163. The monoisotopic (exact) mass is 498 g/mol. The van der Waals surface area contributed by atoms with Crippen LogP contribution in [0.25, 0.3) is 0 Å². The van der Waals surface area contributed by atoms with Gasteiger partial charge in [-0.05, 0) is 105 Å². The van der Waals surface area contributed by atoms with Gasteiger partial charge in [-0.1, -0.05) is 40.2 Å². The molecule has 4 fully saturated rings. The molecule has 0 saturated heterocycles. The quantitative estimate of drug-likeness (QED) is 0.434. The van der Waals surface area contributed by atoms with E-state index < -0.39 is 11.4 Å². The molecule has 4 saturated carbocycles. The molecule has 0 aliphatic heterocycles. The Morgan fingerprint density at radius 3 is 2.19 bits per heavy atom. The van der Waals surface area contributed by atoms with Crippen LogP contribution in [0.3, 0.4) is 0 Å². The maximum absolute atomic E-state index is 14.2. The van der Waals surface area contributed by atoms with Gasteiger partial charge in [-0.2, -0.15) is 0 Å². The van der Waals surface area contributed by atoms with Crippen molar-refractivity contribution in [3.05, 3.63) is 11.6 Å². The molecular weight excluding hydrogens is 452 g/mol. The van der Waals surface area contributed by atoms with Crippen molar-refractivity contribution in [3.63, 3.8) is 0 Å². The summed E-state index contributed by atoms with van der Waals surface area (Å²) in [5, 5.41) is 10.0. The molecule has 0 aromatic heterocycles. The molecule has 5 heteroatoms. The molecule has 0 aromatic rings. The largest absolute Gasteiger partial charge is 0.481 e. The lowest BCUT2D eigenvalue weighted by molar-refractivity contribution is -0.200. The molecule has 200 valence electrons. The van der Waals surface area contributed by atoms with Crippen molar-refractivity contribution >= 4 is 17.7 Å². The molecule has 5 nitrogen and oxygen atoms in total. The number of esters is 1. The summed E-state index contributed by atoms with van der Waals surface area (Å²) in [6.45, 7) is 14.9. The minimum atomic E-state index is -0.712. The van der Waals surface area contributed by atoms with Crippen molar-refractivity contribution in [1.29, 1.82) is 0 Å². The highest BCUT2D eigenvalue weighted by atomic mass is 16.5. The molecule has 0 heterocycles. The third-order valence-electron chi connectivity index (χ3n) is 12.5. The maximum atomic E-state index is 14.2. The average molecular weight is 499 g/mol. The molecule has 0 spiro atoms. The first-order valence-corrected chi connectivity index (χ1v) is 14.2. The van der Waals surface area contributed by atoms with Gasteiger partial charge in [-0.25, -0.2) is 0 Å². The summed E-state index contributed by atoms with van der Waals surface area (Å²) in [5.41, 5.74) is 0.240. The summed E-state index contributed by atoms with van der Waals surface area (Å²) in [7, 11) is 0. The average Bonchev–Trinajstić information content (AvgIpc) is 2.76. The van der Waals surface area contributed by atoms with Crippen LogP contribution in [0, 0.1) is 50.7 Å². The van der Waals surface area contributed by atoms with Gasteiger partial charge in [-0.15, -0.1) is 0 Å². The van der Waals surface area contributed by atoms with Gasteiger partial charge in [0.1, 0.15) is 6.10 Å². The number of hydrogen-bond acceptors (Lipinski definition) is 4. The van der Waals surface area contributed by atoms with Crippen LogP contribution in [0.5, 0.6) is 0 Å². The van der Waals surface area contributed by atoms with Crippen molar-refractivity contribution < 1.29 is 24.2 Å². The van der Waals surface area contributed by atoms with E-state index in [4.69, 9.17) is 4.74 Å². The highest BCUT2D eigenvalue weighted by Gasteiger charge is 2.67. The molecule has 0 bridgehead atoms. The minimum Gasteiger partial charge on any atom is -0.481 e. The number of rotatable bonds is 2. The second kappa shape index (κ2) is 7.93. The fourth-order valence-corrected chi connectivity index (χ4v) is 10.5. The molecule has 9 unspecified atom stereocenters. The summed E-state index contributed by atoms with van der Waals surface area (Å²) >= 11 is 0. The fraction of sp³-hybridized carbons (Fsp3) is 0.839. The second-order valence-corrected chi connectivity index (χ2v) is 14.9. The molecule has 0 amide bonds. The Morgan fingerprint density at radius 1 is 0.889 bits per heavy atom. The standard InChI is InChI=1S/C31H46O5/c1-18(32)36-24-10-13-31(7)23(27(24,2)3)9-12-30(6)20-8-11-28(4)14-15-29(5,26(34)35)17-21(28)19(20)16-22(33)25(30)31/h16,20-21,23-25H,8-15,17H2,1-7H3,(H,34,35). The van der Waals surface area contributed by atoms with Crippen molar-refractivity contribution in [1.82, 2.24) is 0 Å². The van der Waals surface area contributed by atoms with Crippen LogP contribution in [-0.2, 0) is 19.1 Å². The van der Waals surface area contributed by atoms with Gasteiger partial charge in [0, 0.05) is 18.3 Å². The summed E-state index contributed by atoms with van der Waals surface area (Å²) in [6.07, 6.45) is 10.2. The van der Waals surface area contributed by atoms with Crippen LogP contribution in [-0.4, -0.2) is 28.9 Å². The number of allylic oxidation sites excluding steroid dienone is 2. The van der Waals surface area contributed by atoms with E-state index >= 15 is 0 Å². The van der Waals surface area contributed by atoms with Gasteiger partial charge in [0.05, 0.1) is 5.41 Å². The number of carbonyl (C=O) groups is 3. The third kappa shape index (κ3) is 3.42. The molecule has 36 heavy (non-hydrogen) atoms. The predicted molar refractivity (Wildman–Crippen MR) is 138 cm³/mol. The molecule has 5 aliphatic rings. The fourth-order valence-electron chi connectivity index (χ4n) is 10.5. The van der Waals surface area contributed by atoms with E-state index in [2.05, 4.69) is 34.6 Å². The van der Waals surface area contributed by atoms with Gasteiger partial charge in [0.15, 0.2) is 5.78 Å². The summed E-state index contributed by atoms with van der Waals surface area (Å²) < 4.78 is 5.80. The first kappa shape index (κ1) is 26.0. The molecule has 5 aliphatic carbocycles. The van der Waals surface area contributed by atoms with E-state index in [-0.39, 0.29) is 51.4 Å². The van der Waals surface area contributed by atoms with E-state index in [1.165, 1.54) is 12.5 Å². The highest BCUT2D eigenvalue weighted by Crippen LogP contribution is 2.71. The third-order valence-corrected chi connectivity index (χ3v) is 12.5. The predicted octanol–water partition coefficient (Wildman–Crippen LogP) is 6.59. The lowest BCUT2D eigenvalue weighted by Crippen LogP contribution is -2.64. The number of carbonyl (C=O) groups excluding carboxylic acids is 2. The van der Waals surface area contributed by atoms with Gasteiger partial charge in [0.2, 0.25) is 0 Å². The van der Waals surface area contributed by atoms with Crippen LogP contribution >= 0.6 is 0 Å². The smallest absolute Gasteiger partial charge is 0.309 e. The molecule has 0 aromatic carbocycles. The summed E-state index contributed by atoms with van der Waals surface area (Å²) in [6, 6.07) is 0. The van der Waals surface area contributed by atoms with Crippen molar-refractivity contribution in [2.75, 3.05) is 0 Å². The Bertz CT molecular complexity index is 1030. The zero-order valence-corrected chi connectivity index (χ0v) is 23.4. The maximum Gasteiger partial charge on any atom is 0.309 e. The Hall–Kier alpha value is -1.65. The molecule has 5 rings (SSSR count). The first-order chi connectivity index (χ1) is 16.6. The van der Waals surface area contributed by atoms with Gasteiger partial charge >= 0.3 is 11.9 Å². The molecule has 1 N–H and O–H groups in total. The topological polar surface area (TPSA) is 80.7 Å². The van der Waals surface area contributed by atoms with Crippen LogP contribution < -0.4 is 0 Å². The second-order valence-electron chi connectivity index (χ2n) is 14.9. The molecule has 9 atom stereocenters. The number of ketones is 1. The normalized spacial score (nSPS) is 49.5. The lowest BCUT2D eigenvalue weighted by Gasteiger charge is -2.67. The van der Waals surface area contributed by atoms with E-state index in [1.54, 1.807) is 0 Å². The van der Waals surface area contributed by atoms with Gasteiger partial charge in [0.25, 0.3) is 0 Å². The number of aliphatic carboxylic acids is 1. The van der Waals surface area contributed by atoms with Crippen LogP contribution in [0.15, 0.2) is 11.6 Å². The molecular formula is C31H46O5.